The van der Waals surface area contributed by atoms with E-state index in [1.54, 1.807) is 18.3 Å². The van der Waals surface area contributed by atoms with Crippen molar-refractivity contribution < 1.29 is 9.59 Å². The summed E-state index contributed by atoms with van der Waals surface area (Å²) in [5.41, 5.74) is 0.632. The summed E-state index contributed by atoms with van der Waals surface area (Å²) in [5, 5.41) is 3.10. The molecule has 0 unspecified atom stereocenters. The van der Waals surface area contributed by atoms with Crippen LogP contribution in [0.3, 0.4) is 0 Å². The summed E-state index contributed by atoms with van der Waals surface area (Å²) in [4.78, 5) is 33.5. The molecule has 1 aromatic heterocycles. The minimum atomic E-state index is -0.282. The van der Waals surface area contributed by atoms with Gasteiger partial charge in [0, 0.05) is 19.3 Å². The summed E-state index contributed by atoms with van der Waals surface area (Å²) < 4.78 is 0. The van der Waals surface area contributed by atoms with Gasteiger partial charge in [0.05, 0.1) is 10.6 Å². The second-order valence-corrected chi connectivity index (χ2v) is 6.52. The highest BCUT2D eigenvalue weighted by Crippen LogP contribution is 2.30. The number of nitrogens with zero attached hydrogens (tertiary/aromatic N) is 3. The zero-order valence-electron chi connectivity index (χ0n) is 12.4. The molecule has 22 heavy (non-hydrogen) atoms. The van der Waals surface area contributed by atoms with E-state index in [9.17, 15) is 9.59 Å². The van der Waals surface area contributed by atoms with Crippen molar-refractivity contribution in [3.63, 3.8) is 0 Å². The van der Waals surface area contributed by atoms with E-state index in [4.69, 9.17) is 0 Å². The molecule has 7 heteroatoms. The van der Waals surface area contributed by atoms with Crippen LogP contribution in [0.25, 0.3) is 6.08 Å². The predicted molar refractivity (Wildman–Crippen MR) is 86.3 cm³/mol. The van der Waals surface area contributed by atoms with E-state index in [1.165, 1.54) is 26.3 Å². The number of thioether (sulfide) groups is 1. The van der Waals surface area contributed by atoms with Crippen LogP contribution in [0.5, 0.6) is 0 Å². The van der Waals surface area contributed by atoms with Crippen molar-refractivity contribution in [1.82, 2.24) is 14.9 Å². The molecule has 1 saturated heterocycles. The topological polar surface area (TPSA) is 75.2 Å². The van der Waals surface area contributed by atoms with Crippen LogP contribution in [0.15, 0.2) is 17.2 Å². The van der Waals surface area contributed by atoms with Crippen LogP contribution in [-0.2, 0) is 4.79 Å². The zero-order chi connectivity index (χ0) is 15.5. The van der Waals surface area contributed by atoms with Crippen LogP contribution >= 0.6 is 11.8 Å². The number of anilines is 1. The number of hydrogen-bond donors (Lipinski definition) is 1. The van der Waals surface area contributed by atoms with Gasteiger partial charge in [-0.2, -0.15) is 0 Å². The molecule has 6 nitrogen and oxygen atoms in total. The van der Waals surface area contributed by atoms with Gasteiger partial charge in [-0.05, 0) is 36.7 Å². The Hall–Kier alpha value is -1.89. The fraction of sp³-hybridized carbons (Fsp3) is 0.467. The molecule has 0 radical (unpaired) electrons. The lowest BCUT2D eigenvalue weighted by atomic mass is 9.96. The van der Waals surface area contributed by atoms with Gasteiger partial charge in [0.15, 0.2) is 0 Å². The maximum atomic E-state index is 11.9. The van der Waals surface area contributed by atoms with E-state index in [0.29, 0.717) is 22.6 Å². The minimum absolute atomic E-state index is 0.258. The first-order valence-electron chi connectivity index (χ1n) is 7.44. The van der Waals surface area contributed by atoms with Crippen molar-refractivity contribution in [3.05, 3.63) is 22.9 Å². The number of hydrogen-bond acceptors (Lipinski definition) is 6. The lowest BCUT2D eigenvalue weighted by molar-refractivity contribution is -0.121. The molecular formula is C15H18N4O2S. The van der Waals surface area contributed by atoms with Crippen molar-refractivity contribution in [1.29, 1.82) is 0 Å². The molecule has 2 amide bonds. The molecule has 0 atom stereocenters. The Labute approximate surface area is 133 Å². The van der Waals surface area contributed by atoms with Crippen LogP contribution in [0.1, 0.15) is 37.8 Å². The highest BCUT2D eigenvalue weighted by molar-refractivity contribution is 8.18. The number of amides is 2. The average molecular weight is 318 g/mol. The molecule has 2 aliphatic rings. The Morgan fingerprint density at radius 1 is 1.32 bits per heavy atom. The zero-order valence-corrected chi connectivity index (χ0v) is 13.2. The third kappa shape index (κ3) is 3.30. The Kier molecular flexibility index (Phi) is 4.42. The van der Waals surface area contributed by atoms with E-state index < -0.39 is 0 Å². The highest BCUT2D eigenvalue weighted by Gasteiger charge is 2.31. The molecular weight excluding hydrogens is 300 g/mol. The number of carbonyl (C=O) groups excluding carboxylic acids is 2. The van der Waals surface area contributed by atoms with Gasteiger partial charge in [0.2, 0.25) is 5.95 Å². The fourth-order valence-corrected chi connectivity index (χ4v) is 3.44. The maximum absolute atomic E-state index is 11.9. The number of aromatic nitrogens is 2. The Bertz CT molecular complexity index is 626. The first-order chi connectivity index (χ1) is 10.6. The molecule has 3 rings (SSSR count). The van der Waals surface area contributed by atoms with Crippen LogP contribution in [0.2, 0.25) is 0 Å². The number of rotatable bonds is 3. The fourth-order valence-electron chi connectivity index (χ4n) is 2.63. The molecule has 2 heterocycles. The molecule has 1 N–H and O–H groups in total. The van der Waals surface area contributed by atoms with Crippen molar-refractivity contribution in [3.8, 4) is 0 Å². The van der Waals surface area contributed by atoms with Gasteiger partial charge in [-0.15, -0.1) is 0 Å². The number of carbonyl (C=O) groups is 2. The summed E-state index contributed by atoms with van der Waals surface area (Å²) in [6.45, 7) is 0. The van der Waals surface area contributed by atoms with E-state index in [1.807, 2.05) is 0 Å². The van der Waals surface area contributed by atoms with Gasteiger partial charge >= 0.3 is 0 Å². The molecule has 1 saturated carbocycles. The minimum Gasteiger partial charge on any atom is -0.351 e. The number of likely N-dealkylation sites (N-methyl/N-ethyl adjacent to an activating group) is 1. The van der Waals surface area contributed by atoms with Crippen molar-refractivity contribution in [2.45, 2.75) is 38.1 Å². The Morgan fingerprint density at radius 3 is 2.77 bits per heavy atom. The number of nitrogens with one attached hydrogen (secondary N) is 1. The Balaban J connectivity index is 1.74. The molecule has 2 fully saturated rings. The molecule has 116 valence electrons. The van der Waals surface area contributed by atoms with Gasteiger partial charge in [0.1, 0.15) is 0 Å². The van der Waals surface area contributed by atoms with Crippen LogP contribution in [-0.4, -0.2) is 39.1 Å². The lowest BCUT2D eigenvalue weighted by Gasteiger charge is -2.22. The van der Waals surface area contributed by atoms with Gasteiger partial charge in [-0.3, -0.25) is 14.5 Å². The van der Waals surface area contributed by atoms with Gasteiger partial charge in [0.25, 0.3) is 11.1 Å². The quantitative estimate of drug-likeness (QED) is 0.864. The smallest absolute Gasteiger partial charge is 0.293 e. The third-order valence-electron chi connectivity index (χ3n) is 3.88. The monoisotopic (exact) mass is 318 g/mol. The summed E-state index contributed by atoms with van der Waals surface area (Å²) in [6.07, 6.45) is 9.36. The first-order valence-corrected chi connectivity index (χ1v) is 8.26. The van der Waals surface area contributed by atoms with Crippen molar-refractivity contribution in [2.24, 2.45) is 0 Å². The SMILES string of the molecule is CN1C(=O)S/C(=C\c2ccnc(NC3CCCCC3)n2)C1=O. The summed E-state index contributed by atoms with van der Waals surface area (Å²) in [5.74, 6) is 0.298. The third-order valence-corrected chi connectivity index (χ3v) is 4.84. The standard InChI is InChI=1S/C15H18N4O2S/c1-19-13(20)12(22-15(19)21)9-11-7-8-16-14(18-11)17-10-5-3-2-4-6-10/h7-10H,2-6H2,1H3,(H,16,17,18)/b12-9-. The van der Waals surface area contributed by atoms with E-state index >= 15 is 0 Å². The van der Waals surface area contributed by atoms with Crippen LogP contribution in [0.4, 0.5) is 10.7 Å². The molecule has 1 aliphatic heterocycles. The summed E-state index contributed by atoms with van der Waals surface area (Å²) in [7, 11) is 1.48. The maximum Gasteiger partial charge on any atom is 0.293 e. The molecule has 0 bridgehead atoms. The van der Waals surface area contributed by atoms with E-state index in [-0.39, 0.29) is 11.1 Å². The molecule has 0 aromatic carbocycles. The average Bonchev–Trinajstić information content (AvgIpc) is 2.76. The molecule has 1 aromatic rings. The number of imide groups is 1. The van der Waals surface area contributed by atoms with Gasteiger partial charge in [-0.25, -0.2) is 9.97 Å². The normalized spacial score (nSPS) is 21.7. The van der Waals surface area contributed by atoms with E-state index in [2.05, 4.69) is 15.3 Å². The highest BCUT2D eigenvalue weighted by atomic mass is 32.2. The van der Waals surface area contributed by atoms with Gasteiger partial charge in [-0.1, -0.05) is 19.3 Å². The molecule has 1 aliphatic carbocycles. The second kappa shape index (κ2) is 6.48. The van der Waals surface area contributed by atoms with Crippen molar-refractivity contribution >= 4 is 34.9 Å². The van der Waals surface area contributed by atoms with Crippen molar-refractivity contribution in [2.75, 3.05) is 12.4 Å². The molecule has 0 spiro atoms. The van der Waals surface area contributed by atoms with Gasteiger partial charge < -0.3 is 5.32 Å². The largest absolute Gasteiger partial charge is 0.351 e. The van der Waals surface area contributed by atoms with Crippen LogP contribution in [0, 0.1) is 0 Å². The second-order valence-electron chi connectivity index (χ2n) is 5.53. The van der Waals surface area contributed by atoms with E-state index in [0.717, 1.165) is 29.5 Å². The predicted octanol–water partition coefficient (Wildman–Crippen LogP) is 2.89. The summed E-state index contributed by atoms with van der Waals surface area (Å²) >= 11 is 0.936. The summed E-state index contributed by atoms with van der Waals surface area (Å²) in [6, 6.07) is 2.15. The first kappa shape index (κ1) is 15.0. The Morgan fingerprint density at radius 2 is 2.09 bits per heavy atom. The lowest BCUT2D eigenvalue weighted by Crippen LogP contribution is -2.23. The van der Waals surface area contributed by atoms with Crippen LogP contribution < -0.4 is 5.32 Å².